The van der Waals surface area contributed by atoms with Crippen molar-refractivity contribution in [1.82, 2.24) is 15.2 Å². The smallest absolute Gasteiger partial charge is 0.335 e. The van der Waals surface area contributed by atoms with Gasteiger partial charge in [0.2, 0.25) is 0 Å². The Bertz CT molecular complexity index is 945. The molecule has 1 unspecified atom stereocenters. The van der Waals surface area contributed by atoms with Crippen molar-refractivity contribution in [2.45, 2.75) is 72.9 Å². The maximum absolute atomic E-state index is 13.1. The van der Waals surface area contributed by atoms with Gasteiger partial charge in [-0.15, -0.1) is 0 Å². The van der Waals surface area contributed by atoms with Crippen LogP contribution in [0.4, 0.5) is 0 Å². The number of benzene rings is 1. The topological polar surface area (TPSA) is 85.2 Å². The van der Waals surface area contributed by atoms with Gasteiger partial charge in [0.05, 0.1) is 5.56 Å². The molecular weight excluding hydrogens is 404 g/mol. The van der Waals surface area contributed by atoms with Crippen LogP contribution in [0.15, 0.2) is 40.8 Å². The van der Waals surface area contributed by atoms with Gasteiger partial charge in [0, 0.05) is 18.3 Å². The summed E-state index contributed by atoms with van der Waals surface area (Å²) in [4.78, 5) is 26.6. The van der Waals surface area contributed by atoms with Gasteiger partial charge in [-0.1, -0.05) is 53.2 Å². The molecule has 32 heavy (non-hydrogen) atoms. The zero-order valence-electron chi connectivity index (χ0n) is 20.1. The van der Waals surface area contributed by atoms with Crippen molar-refractivity contribution in [2.75, 3.05) is 7.05 Å². The maximum Gasteiger partial charge on any atom is 0.335 e. The van der Waals surface area contributed by atoms with Crippen molar-refractivity contribution in [3.8, 4) is 0 Å². The Morgan fingerprint density at radius 1 is 1.28 bits per heavy atom. The van der Waals surface area contributed by atoms with Crippen molar-refractivity contribution in [3.05, 3.63) is 46.8 Å². The number of amides is 1. The molecule has 1 amide bonds. The minimum Gasteiger partial charge on any atom is -0.478 e. The van der Waals surface area contributed by atoms with Gasteiger partial charge in [0.25, 0.3) is 5.91 Å². The standard InChI is InChI=1S/C25H36N4O3/c1-7-18(25(3,4)5)13-10-14-20-28(6)19(8-2)21-23(30)26-22(27-29(20)21)16-11-9-12-17(15-16)24(31)32/h9,11-12,15,18,20H,7-8,10,13-14H2,1-6H3,(H,31,32)(H,26,27,30)/t18?,20-/m1/s1. The Labute approximate surface area is 191 Å². The van der Waals surface area contributed by atoms with Gasteiger partial charge in [-0.2, -0.15) is 5.10 Å². The Morgan fingerprint density at radius 3 is 2.59 bits per heavy atom. The summed E-state index contributed by atoms with van der Waals surface area (Å²) >= 11 is 0. The molecule has 2 aliphatic rings. The lowest BCUT2D eigenvalue weighted by molar-refractivity contribution is -0.118. The third-order valence-corrected chi connectivity index (χ3v) is 6.76. The first kappa shape index (κ1) is 23.8. The van der Waals surface area contributed by atoms with E-state index in [0.717, 1.165) is 37.8 Å². The number of hydrogen-bond donors (Lipinski definition) is 2. The van der Waals surface area contributed by atoms with E-state index in [1.54, 1.807) is 18.2 Å². The van der Waals surface area contributed by atoms with E-state index in [1.807, 2.05) is 12.1 Å². The lowest BCUT2D eigenvalue weighted by Gasteiger charge is -2.33. The van der Waals surface area contributed by atoms with Crippen LogP contribution in [-0.2, 0) is 4.79 Å². The van der Waals surface area contributed by atoms with E-state index in [1.165, 1.54) is 6.07 Å². The summed E-state index contributed by atoms with van der Waals surface area (Å²) in [5.41, 5.74) is 2.61. The molecule has 2 N–H and O–H groups in total. The molecule has 0 fully saturated rings. The van der Waals surface area contributed by atoms with Gasteiger partial charge >= 0.3 is 5.97 Å². The molecule has 2 atom stereocenters. The molecule has 7 heteroatoms. The number of nitrogens with one attached hydrogen (secondary N) is 1. The van der Waals surface area contributed by atoms with Crippen molar-refractivity contribution in [2.24, 2.45) is 16.4 Å². The summed E-state index contributed by atoms with van der Waals surface area (Å²) < 4.78 is 0. The number of rotatable bonds is 8. The molecule has 0 saturated carbocycles. The van der Waals surface area contributed by atoms with Crippen LogP contribution < -0.4 is 5.32 Å². The average Bonchev–Trinajstić information content (AvgIpc) is 3.01. The van der Waals surface area contributed by atoms with Gasteiger partial charge in [0.15, 0.2) is 5.84 Å². The Balaban J connectivity index is 1.87. The summed E-state index contributed by atoms with van der Waals surface area (Å²) in [6.07, 6.45) is 4.95. The first-order valence-corrected chi connectivity index (χ1v) is 11.6. The SMILES string of the molecule is CCC1=C2C(=O)NC(c3cccc(C(=O)O)c3)=NN2[C@H](CCCC(CC)C(C)(C)C)N1C. The lowest BCUT2D eigenvalue weighted by Crippen LogP contribution is -2.46. The van der Waals surface area contributed by atoms with E-state index >= 15 is 0 Å². The minimum atomic E-state index is -1.01. The maximum atomic E-state index is 13.1. The molecule has 2 aliphatic heterocycles. The van der Waals surface area contributed by atoms with E-state index in [-0.39, 0.29) is 23.1 Å². The predicted octanol–water partition coefficient (Wildman–Crippen LogP) is 4.61. The van der Waals surface area contributed by atoms with E-state index in [4.69, 9.17) is 5.10 Å². The number of allylic oxidation sites excluding steroid dienone is 1. The number of hydrazone groups is 1. The second-order valence-electron chi connectivity index (χ2n) is 9.78. The number of nitrogens with zero attached hydrogens (tertiary/aromatic N) is 3. The van der Waals surface area contributed by atoms with Crippen LogP contribution in [0.5, 0.6) is 0 Å². The van der Waals surface area contributed by atoms with Crippen molar-refractivity contribution in [3.63, 3.8) is 0 Å². The number of carboxylic acids is 1. The number of amidine groups is 1. The molecular formula is C25H36N4O3. The number of aromatic carboxylic acids is 1. The van der Waals surface area contributed by atoms with Crippen LogP contribution in [0.3, 0.4) is 0 Å². The largest absolute Gasteiger partial charge is 0.478 e. The highest BCUT2D eigenvalue weighted by atomic mass is 16.4. The number of carboxylic acid groups (broad SMARTS) is 1. The fraction of sp³-hybridized carbons (Fsp3) is 0.560. The number of fused-ring (bicyclic) bond motifs is 1. The zero-order chi connectivity index (χ0) is 23.6. The molecule has 1 aromatic rings. The van der Waals surface area contributed by atoms with Gasteiger partial charge < -0.3 is 15.3 Å². The molecule has 0 aliphatic carbocycles. The van der Waals surface area contributed by atoms with Gasteiger partial charge in [0.1, 0.15) is 11.9 Å². The van der Waals surface area contributed by atoms with E-state index in [0.29, 0.717) is 23.0 Å². The summed E-state index contributed by atoms with van der Waals surface area (Å²) in [7, 11) is 2.03. The highest BCUT2D eigenvalue weighted by molar-refractivity contribution is 6.14. The van der Waals surface area contributed by atoms with Gasteiger partial charge in [-0.05, 0) is 49.1 Å². The first-order chi connectivity index (χ1) is 15.1. The van der Waals surface area contributed by atoms with Crippen LogP contribution in [0.1, 0.15) is 82.6 Å². The van der Waals surface area contributed by atoms with Gasteiger partial charge in [-0.25, -0.2) is 9.80 Å². The molecule has 0 aromatic heterocycles. The molecule has 0 saturated heterocycles. The quantitative estimate of drug-likeness (QED) is 0.616. The monoisotopic (exact) mass is 440 g/mol. The molecule has 174 valence electrons. The summed E-state index contributed by atoms with van der Waals surface area (Å²) in [5, 5.41) is 18.8. The molecule has 3 rings (SSSR count). The Kier molecular flexibility index (Phi) is 6.96. The molecule has 0 radical (unpaired) electrons. The molecule has 2 heterocycles. The second-order valence-corrected chi connectivity index (χ2v) is 9.78. The summed E-state index contributed by atoms with van der Waals surface area (Å²) in [6, 6.07) is 6.51. The van der Waals surface area contributed by atoms with E-state index in [9.17, 15) is 14.7 Å². The number of carbonyl (C=O) groups excluding carboxylic acids is 1. The van der Waals surface area contributed by atoms with Crippen molar-refractivity contribution >= 4 is 17.7 Å². The van der Waals surface area contributed by atoms with Crippen LogP contribution in [-0.4, -0.2) is 45.9 Å². The first-order valence-electron chi connectivity index (χ1n) is 11.6. The number of carbonyl (C=O) groups is 2. The fourth-order valence-electron chi connectivity index (χ4n) is 4.90. The van der Waals surface area contributed by atoms with Crippen LogP contribution in [0.2, 0.25) is 0 Å². The summed E-state index contributed by atoms with van der Waals surface area (Å²) in [6.45, 7) is 11.2. The molecule has 0 spiro atoms. The summed E-state index contributed by atoms with van der Waals surface area (Å²) in [5.74, 6) is -0.164. The third-order valence-electron chi connectivity index (χ3n) is 6.76. The van der Waals surface area contributed by atoms with Crippen molar-refractivity contribution in [1.29, 1.82) is 0 Å². The number of hydrogen-bond acceptors (Lipinski definition) is 5. The minimum absolute atomic E-state index is 0.0267. The lowest BCUT2D eigenvalue weighted by atomic mass is 9.76. The fourth-order valence-corrected chi connectivity index (χ4v) is 4.90. The average molecular weight is 441 g/mol. The van der Waals surface area contributed by atoms with Crippen LogP contribution in [0.25, 0.3) is 0 Å². The highest BCUT2D eigenvalue weighted by Gasteiger charge is 2.41. The molecule has 0 bridgehead atoms. The Hall–Kier alpha value is -2.83. The molecule has 1 aromatic carbocycles. The molecule has 7 nitrogen and oxygen atoms in total. The highest BCUT2D eigenvalue weighted by Crippen LogP contribution is 2.37. The van der Waals surface area contributed by atoms with Crippen molar-refractivity contribution < 1.29 is 14.7 Å². The normalized spacial score (nSPS) is 19.6. The third kappa shape index (κ3) is 4.66. The Morgan fingerprint density at radius 2 is 2.00 bits per heavy atom. The van der Waals surface area contributed by atoms with E-state index < -0.39 is 5.97 Å². The predicted molar refractivity (Wildman–Crippen MR) is 126 cm³/mol. The second kappa shape index (κ2) is 9.35. The zero-order valence-corrected chi connectivity index (χ0v) is 20.1. The van der Waals surface area contributed by atoms with Gasteiger partial charge in [-0.3, -0.25) is 4.79 Å². The van der Waals surface area contributed by atoms with E-state index in [2.05, 4.69) is 44.8 Å². The van der Waals surface area contributed by atoms with Crippen LogP contribution in [0, 0.1) is 11.3 Å². The van der Waals surface area contributed by atoms with Crippen LogP contribution >= 0.6 is 0 Å².